The molecule has 3 aromatic rings. The molecule has 2 N–H and O–H groups in total. The number of benzene rings is 3. The second kappa shape index (κ2) is 13.7. The SMILES string of the molecule is COc1ccccc1N=Nc1c(SOO[O-])cc2cc(S(=O)(=O)[O-])cc(NS(C)(=O)=O)c2c1O.[Na+].[Na+]. The van der Waals surface area contributed by atoms with E-state index >= 15 is 0 Å². The summed E-state index contributed by atoms with van der Waals surface area (Å²) in [6.45, 7) is 0. The van der Waals surface area contributed by atoms with Crippen LogP contribution >= 0.6 is 12.0 Å². The number of azo groups is 1. The molecule has 13 nitrogen and oxygen atoms in total. The number of nitrogens with one attached hydrogen (secondary N) is 1. The predicted molar refractivity (Wildman–Crippen MR) is 117 cm³/mol. The van der Waals surface area contributed by atoms with Crippen molar-refractivity contribution >= 4 is 60.0 Å². The number of hydrogen-bond acceptors (Lipinski definition) is 13. The molecule has 3 rings (SSSR count). The van der Waals surface area contributed by atoms with E-state index in [-0.39, 0.29) is 86.2 Å². The molecule has 0 aliphatic carbocycles. The van der Waals surface area contributed by atoms with Crippen molar-refractivity contribution in [2.45, 2.75) is 9.79 Å². The number of rotatable bonds is 9. The van der Waals surface area contributed by atoms with Crippen LogP contribution in [-0.4, -0.2) is 39.9 Å². The first-order valence-electron chi connectivity index (χ1n) is 8.90. The summed E-state index contributed by atoms with van der Waals surface area (Å²) < 4.78 is 70.0. The van der Waals surface area contributed by atoms with Crippen LogP contribution in [0, 0.1) is 0 Å². The molecule has 0 saturated heterocycles. The van der Waals surface area contributed by atoms with E-state index in [9.17, 15) is 31.8 Å². The molecule has 0 amide bonds. The van der Waals surface area contributed by atoms with Gasteiger partial charge in [0, 0.05) is 0 Å². The molecular formula is C18H15N3Na2O10S3. The Morgan fingerprint density at radius 3 is 2.31 bits per heavy atom. The Balaban J connectivity index is 0.00000324. The van der Waals surface area contributed by atoms with Gasteiger partial charge in [0.05, 0.1) is 46.3 Å². The number of para-hydroxylation sites is 1. The smallest absolute Gasteiger partial charge is 0.744 e. The van der Waals surface area contributed by atoms with Crippen molar-refractivity contribution in [3.05, 3.63) is 42.5 Å². The number of ether oxygens (including phenoxy) is 1. The zero-order valence-corrected chi connectivity index (χ0v) is 25.7. The molecule has 0 atom stereocenters. The molecule has 0 fully saturated rings. The third-order valence-corrected chi connectivity index (χ3v) is 6.22. The number of nitrogens with zero attached hydrogens (tertiary/aromatic N) is 2. The van der Waals surface area contributed by atoms with Gasteiger partial charge in [-0.05, 0) is 35.7 Å². The van der Waals surface area contributed by atoms with Crippen LogP contribution in [0.5, 0.6) is 11.5 Å². The Morgan fingerprint density at radius 2 is 1.72 bits per heavy atom. The maximum Gasteiger partial charge on any atom is 1.00 e. The van der Waals surface area contributed by atoms with Gasteiger partial charge in [0.1, 0.15) is 27.2 Å². The maximum absolute atomic E-state index is 11.8. The van der Waals surface area contributed by atoms with E-state index in [1.54, 1.807) is 24.3 Å². The van der Waals surface area contributed by atoms with Crippen LogP contribution in [0.15, 0.2) is 62.5 Å². The Labute approximate surface area is 254 Å². The Bertz CT molecular complexity index is 1490. The van der Waals surface area contributed by atoms with Crippen LogP contribution in [-0.2, 0) is 29.5 Å². The molecule has 0 aliphatic rings. The minimum atomic E-state index is -5.01. The van der Waals surface area contributed by atoms with Gasteiger partial charge in [-0.3, -0.25) is 9.76 Å². The number of fused-ring (bicyclic) bond motifs is 1. The number of aromatic hydroxyl groups is 1. The number of phenols is 1. The summed E-state index contributed by atoms with van der Waals surface area (Å²) in [5.74, 6) is -0.307. The Kier molecular flexibility index (Phi) is 12.6. The van der Waals surface area contributed by atoms with Gasteiger partial charge < -0.3 is 19.7 Å². The molecular weight excluding hydrogens is 560 g/mol. The van der Waals surface area contributed by atoms with E-state index in [1.807, 2.05) is 0 Å². The second-order valence-corrected chi connectivity index (χ2v) is 10.4. The normalized spacial score (nSPS) is 11.7. The van der Waals surface area contributed by atoms with E-state index < -0.39 is 36.5 Å². The largest absolute Gasteiger partial charge is 1.00 e. The van der Waals surface area contributed by atoms with E-state index in [0.29, 0.717) is 17.8 Å². The third kappa shape index (κ3) is 8.26. The van der Waals surface area contributed by atoms with Gasteiger partial charge in [-0.1, -0.05) is 12.1 Å². The van der Waals surface area contributed by atoms with Gasteiger partial charge in [-0.15, -0.1) is 10.2 Å². The molecule has 0 aromatic heterocycles. The summed E-state index contributed by atoms with van der Waals surface area (Å²) in [5, 5.41) is 32.3. The van der Waals surface area contributed by atoms with Crippen LogP contribution in [0.25, 0.3) is 10.8 Å². The summed E-state index contributed by atoms with van der Waals surface area (Å²) in [6.07, 6.45) is 0.792. The predicted octanol–water partition coefficient (Wildman–Crippen LogP) is -3.52. The van der Waals surface area contributed by atoms with Crippen molar-refractivity contribution < 1.29 is 105 Å². The molecule has 182 valence electrons. The van der Waals surface area contributed by atoms with E-state index in [0.717, 1.165) is 18.4 Å². The number of anilines is 1. The first-order chi connectivity index (χ1) is 15.9. The molecule has 18 heteroatoms. The molecule has 0 heterocycles. The molecule has 0 saturated carbocycles. The average molecular weight is 576 g/mol. The van der Waals surface area contributed by atoms with Crippen LogP contribution < -0.4 is 73.8 Å². The first kappa shape index (κ1) is 33.0. The zero-order chi connectivity index (χ0) is 25.1. The van der Waals surface area contributed by atoms with Crippen molar-refractivity contribution in [1.82, 2.24) is 0 Å². The summed E-state index contributed by atoms with van der Waals surface area (Å²) in [7, 11) is -7.57. The molecule has 0 aliphatic heterocycles. The van der Waals surface area contributed by atoms with Gasteiger partial charge in [0.25, 0.3) is 0 Å². The third-order valence-electron chi connectivity index (χ3n) is 4.20. The fourth-order valence-electron chi connectivity index (χ4n) is 2.91. The van der Waals surface area contributed by atoms with Crippen molar-refractivity contribution in [2.75, 3.05) is 18.1 Å². The minimum Gasteiger partial charge on any atom is -0.744 e. The van der Waals surface area contributed by atoms with Crippen molar-refractivity contribution in [1.29, 1.82) is 0 Å². The average Bonchev–Trinajstić information content (AvgIpc) is 2.75. The maximum atomic E-state index is 11.8. The summed E-state index contributed by atoms with van der Waals surface area (Å²) >= 11 is 0.308. The van der Waals surface area contributed by atoms with E-state index in [4.69, 9.17) is 4.74 Å². The van der Waals surface area contributed by atoms with Gasteiger partial charge in [-0.2, -0.15) is 4.33 Å². The summed E-state index contributed by atoms with van der Waals surface area (Å²) in [5.41, 5.74) is -0.420. The quantitative estimate of drug-likeness (QED) is 0.0640. The van der Waals surface area contributed by atoms with Crippen LogP contribution in [0.4, 0.5) is 17.1 Å². The second-order valence-electron chi connectivity index (χ2n) is 6.56. The topological polar surface area (TPSA) is 199 Å². The van der Waals surface area contributed by atoms with Crippen LogP contribution in [0.2, 0.25) is 0 Å². The molecule has 0 bridgehead atoms. The minimum absolute atomic E-state index is 0. The first-order valence-corrected chi connectivity index (χ1v) is 12.9. The number of sulfonamides is 1. The monoisotopic (exact) mass is 575 g/mol. The number of methoxy groups -OCH3 is 1. The zero-order valence-electron chi connectivity index (χ0n) is 19.3. The summed E-state index contributed by atoms with van der Waals surface area (Å²) in [6, 6.07) is 9.38. The molecule has 0 spiro atoms. The van der Waals surface area contributed by atoms with E-state index in [2.05, 4.69) is 24.3 Å². The van der Waals surface area contributed by atoms with Crippen molar-refractivity contribution in [2.24, 2.45) is 10.2 Å². The van der Waals surface area contributed by atoms with E-state index in [1.165, 1.54) is 13.2 Å². The molecule has 36 heavy (non-hydrogen) atoms. The van der Waals surface area contributed by atoms with Gasteiger partial charge >= 0.3 is 59.1 Å². The molecule has 3 aromatic carbocycles. The van der Waals surface area contributed by atoms with Gasteiger partial charge in [0.2, 0.25) is 10.0 Å². The van der Waals surface area contributed by atoms with Gasteiger partial charge in [0.15, 0.2) is 5.75 Å². The molecule has 0 unspecified atom stereocenters. The number of phenolic OH excluding ortho intramolecular Hbond substituents is 1. The van der Waals surface area contributed by atoms with Crippen LogP contribution in [0.1, 0.15) is 0 Å². The molecule has 0 radical (unpaired) electrons. The summed E-state index contributed by atoms with van der Waals surface area (Å²) in [4.78, 5) is -0.851. The Hall–Kier alpha value is -0.990. The number of hydrogen-bond donors (Lipinski definition) is 2. The fourth-order valence-corrected chi connectivity index (χ4v) is 4.50. The fraction of sp³-hybridized carbons (Fsp3) is 0.111. The Morgan fingerprint density at radius 1 is 1.06 bits per heavy atom. The standard InChI is InChI=1S/C18H17N3O10S3.2Na/c1-29-14-6-4-3-5-12(14)19-20-17-15(32-31-30-23)8-10-7-11(34(26,27)28)9-13(16(10)18(17)22)21-33(2,24)25;;/h3-9,21-23H,1-2H3,(H,26,27,28);;/q;2*+1/p-2. The van der Waals surface area contributed by atoms with Gasteiger partial charge in [-0.25, -0.2) is 16.8 Å². The van der Waals surface area contributed by atoms with Crippen molar-refractivity contribution in [3.63, 3.8) is 0 Å². The van der Waals surface area contributed by atoms with Crippen LogP contribution in [0.3, 0.4) is 0 Å². The van der Waals surface area contributed by atoms with Crippen molar-refractivity contribution in [3.8, 4) is 11.5 Å².